The fourth-order valence-electron chi connectivity index (χ4n) is 4.74. The standard InChI is InChI=1S/C33H33N5O2/c1-33(2,3)28-21-40-32(37-28)24-15-8-10-17-26(24)35-30-19-11-18-29(38-30)34-25-16-9-7-14-23(25)31-36-27(20-39-31)22-12-5-4-6-13-22/h4-19,27-28H,20-21H2,1-3H3,(H2,34,35,38)/t27-,28-/m1/s1. The highest BCUT2D eigenvalue weighted by Crippen LogP contribution is 2.31. The van der Waals surface area contributed by atoms with Crippen LogP contribution in [0.4, 0.5) is 23.0 Å². The fourth-order valence-corrected chi connectivity index (χ4v) is 4.74. The highest BCUT2D eigenvalue weighted by atomic mass is 16.5. The van der Waals surface area contributed by atoms with Gasteiger partial charge in [0.05, 0.1) is 28.5 Å². The minimum Gasteiger partial charge on any atom is -0.475 e. The quantitative estimate of drug-likeness (QED) is 0.262. The molecule has 3 heterocycles. The molecule has 2 aliphatic rings. The minimum atomic E-state index is -0.0119. The molecule has 1 aromatic heterocycles. The summed E-state index contributed by atoms with van der Waals surface area (Å²) < 4.78 is 12.0. The lowest BCUT2D eigenvalue weighted by atomic mass is 9.88. The van der Waals surface area contributed by atoms with Crippen LogP contribution in [0.1, 0.15) is 43.5 Å². The van der Waals surface area contributed by atoms with Gasteiger partial charge in [0.2, 0.25) is 11.8 Å². The first-order valence-electron chi connectivity index (χ1n) is 13.6. The van der Waals surface area contributed by atoms with Crippen molar-refractivity contribution in [2.75, 3.05) is 23.8 Å². The largest absolute Gasteiger partial charge is 0.475 e. The molecular weight excluding hydrogens is 498 g/mol. The summed E-state index contributed by atoms with van der Waals surface area (Å²) in [6, 6.07) is 32.2. The summed E-state index contributed by atoms with van der Waals surface area (Å²) in [6.07, 6.45) is 0. The molecule has 0 spiro atoms. The lowest BCUT2D eigenvalue weighted by Crippen LogP contribution is -2.25. The van der Waals surface area contributed by atoms with E-state index in [9.17, 15) is 0 Å². The van der Waals surface area contributed by atoms with Gasteiger partial charge < -0.3 is 20.1 Å². The number of hydrogen-bond acceptors (Lipinski definition) is 7. The Morgan fingerprint density at radius 2 is 1.18 bits per heavy atom. The normalized spacial score (nSPS) is 18.4. The molecule has 2 aliphatic heterocycles. The third-order valence-electron chi connectivity index (χ3n) is 7.08. The number of ether oxygens (including phenoxy) is 2. The molecule has 4 aromatic rings. The van der Waals surface area contributed by atoms with Gasteiger partial charge in [-0.1, -0.05) is 81.4 Å². The van der Waals surface area contributed by atoms with Crippen LogP contribution in [0, 0.1) is 5.41 Å². The van der Waals surface area contributed by atoms with Crippen molar-refractivity contribution in [1.29, 1.82) is 0 Å². The zero-order chi connectivity index (χ0) is 27.5. The van der Waals surface area contributed by atoms with E-state index in [4.69, 9.17) is 24.4 Å². The number of hydrogen-bond donors (Lipinski definition) is 2. The van der Waals surface area contributed by atoms with Crippen molar-refractivity contribution >= 4 is 34.8 Å². The van der Waals surface area contributed by atoms with Crippen LogP contribution in [0.5, 0.6) is 0 Å². The van der Waals surface area contributed by atoms with Gasteiger partial charge in [-0.15, -0.1) is 0 Å². The summed E-state index contributed by atoms with van der Waals surface area (Å²) in [5.41, 5.74) is 4.77. The number of aliphatic imine (C=N–C) groups is 2. The average molecular weight is 532 g/mol. The smallest absolute Gasteiger partial charge is 0.219 e. The van der Waals surface area contributed by atoms with Gasteiger partial charge in [-0.05, 0) is 47.4 Å². The number of rotatable bonds is 7. The summed E-state index contributed by atoms with van der Waals surface area (Å²) >= 11 is 0. The molecule has 0 aliphatic carbocycles. The Morgan fingerprint density at radius 3 is 1.77 bits per heavy atom. The van der Waals surface area contributed by atoms with E-state index in [1.54, 1.807) is 0 Å². The van der Waals surface area contributed by atoms with Crippen LogP contribution in [0.3, 0.4) is 0 Å². The number of nitrogens with one attached hydrogen (secondary N) is 2. The zero-order valence-corrected chi connectivity index (χ0v) is 23.0. The molecule has 0 amide bonds. The van der Waals surface area contributed by atoms with Crippen molar-refractivity contribution in [1.82, 2.24) is 4.98 Å². The molecule has 40 heavy (non-hydrogen) atoms. The molecule has 0 radical (unpaired) electrons. The van der Waals surface area contributed by atoms with Crippen LogP contribution in [0.25, 0.3) is 0 Å². The highest BCUT2D eigenvalue weighted by Gasteiger charge is 2.31. The van der Waals surface area contributed by atoms with Crippen LogP contribution >= 0.6 is 0 Å². The van der Waals surface area contributed by atoms with Crippen LogP contribution in [-0.4, -0.2) is 36.0 Å². The van der Waals surface area contributed by atoms with E-state index < -0.39 is 0 Å². The van der Waals surface area contributed by atoms with Gasteiger partial charge in [-0.3, -0.25) is 0 Å². The first-order chi connectivity index (χ1) is 19.4. The van der Waals surface area contributed by atoms with Gasteiger partial charge in [0.15, 0.2) is 0 Å². The predicted molar refractivity (Wildman–Crippen MR) is 161 cm³/mol. The van der Waals surface area contributed by atoms with Crippen molar-refractivity contribution in [3.05, 3.63) is 114 Å². The summed E-state index contributed by atoms with van der Waals surface area (Å²) in [6.45, 7) is 7.67. The second kappa shape index (κ2) is 10.8. The van der Waals surface area contributed by atoms with Crippen LogP contribution in [-0.2, 0) is 9.47 Å². The molecule has 2 N–H and O–H groups in total. The minimum absolute atomic E-state index is 0.0119. The maximum Gasteiger partial charge on any atom is 0.219 e. The number of nitrogens with zero attached hydrogens (tertiary/aromatic N) is 3. The van der Waals surface area contributed by atoms with E-state index in [0.29, 0.717) is 36.6 Å². The number of pyridine rings is 1. The number of anilines is 4. The number of para-hydroxylation sites is 2. The Morgan fingerprint density at radius 1 is 0.625 bits per heavy atom. The summed E-state index contributed by atoms with van der Waals surface area (Å²) in [5.74, 6) is 2.71. The lowest BCUT2D eigenvalue weighted by Gasteiger charge is -2.21. The topological polar surface area (TPSA) is 80.1 Å². The molecule has 0 bridgehead atoms. The maximum atomic E-state index is 6.03. The second-order valence-corrected chi connectivity index (χ2v) is 11.0. The van der Waals surface area contributed by atoms with E-state index in [0.717, 1.165) is 28.1 Å². The third kappa shape index (κ3) is 5.54. The number of aromatic nitrogens is 1. The van der Waals surface area contributed by atoms with Gasteiger partial charge >= 0.3 is 0 Å². The second-order valence-electron chi connectivity index (χ2n) is 11.0. The van der Waals surface area contributed by atoms with Gasteiger partial charge in [0.25, 0.3) is 0 Å². The van der Waals surface area contributed by atoms with Gasteiger partial charge in [0, 0.05) is 0 Å². The summed E-state index contributed by atoms with van der Waals surface area (Å²) in [4.78, 5) is 14.6. The van der Waals surface area contributed by atoms with E-state index >= 15 is 0 Å². The molecular formula is C33H33N5O2. The van der Waals surface area contributed by atoms with Crippen LogP contribution in [0.15, 0.2) is 107 Å². The molecule has 6 rings (SSSR count). The summed E-state index contributed by atoms with van der Waals surface area (Å²) in [7, 11) is 0. The Bertz CT molecular complexity index is 1560. The number of benzene rings is 3. The molecule has 7 nitrogen and oxygen atoms in total. The Balaban J connectivity index is 1.22. The Labute approximate surface area is 235 Å². The van der Waals surface area contributed by atoms with Crippen LogP contribution < -0.4 is 10.6 Å². The van der Waals surface area contributed by atoms with Crippen molar-refractivity contribution in [2.45, 2.75) is 32.9 Å². The SMILES string of the molecule is CC(C)(C)[C@H]1COC(c2ccccc2Nc2cccc(Nc3ccccc3C3=N[C@@H](c4ccccc4)CO3)n2)=N1. The molecule has 3 aromatic carbocycles. The first kappa shape index (κ1) is 25.6. The zero-order valence-electron chi connectivity index (χ0n) is 23.0. The van der Waals surface area contributed by atoms with Crippen molar-refractivity contribution in [3.63, 3.8) is 0 Å². The monoisotopic (exact) mass is 531 g/mol. The van der Waals surface area contributed by atoms with Crippen molar-refractivity contribution in [2.24, 2.45) is 15.4 Å². The van der Waals surface area contributed by atoms with Gasteiger partial charge in [-0.25, -0.2) is 15.0 Å². The molecule has 202 valence electrons. The molecule has 0 saturated carbocycles. The Kier molecular flexibility index (Phi) is 6.95. The predicted octanol–water partition coefficient (Wildman–Crippen LogP) is 7.28. The van der Waals surface area contributed by atoms with E-state index in [2.05, 4.69) is 43.5 Å². The fraction of sp³-hybridized carbons (Fsp3) is 0.242. The van der Waals surface area contributed by atoms with E-state index in [1.165, 1.54) is 0 Å². The average Bonchev–Trinajstić information content (AvgIpc) is 3.66. The van der Waals surface area contributed by atoms with Crippen molar-refractivity contribution in [3.8, 4) is 0 Å². The first-order valence-corrected chi connectivity index (χ1v) is 13.6. The van der Waals surface area contributed by atoms with Gasteiger partial charge in [-0.2, -0.15) is 0 Å². The van der Waals surface area contributed by atoms with E-state index in [1.807, 2.05) is 84.9 Å². The van der Waals surface area contributed by atoms with Crippen molar-refractivity contribution < 1.29 is 9.47 Å². The van der Waals surface area contributed by atoms with Gasteiger partial charge in [0.1, 0.15) is 30.9 Å². The van der Waals surface area contributed by atoms with E-state index in [-0.39, 0.29) is 17.5 Å². The summed E-state index contributed by atoms with van der Waals surface area (Å²) in [5, 5.41) is 6.92. The molecule has 2 atom stereocenters. The molecule has 0 unspecified atom stereocenters. The Hall–Kier alpha value is -4.65. The maximum absolute atomic E-state index is 6.03. The highest BCUT2D eigenvalue weighted by molar-refractivity contribution is 6.02. The third-order valence-corrected chi connectivity index (χ3v) is 7.08. The molecule has 0 saturated heterocycles. The molecule has 0 fully saturated rings. The lowest BCUT2D eigenvalue weighted by molar-refractivity contribution is 0.236. The molecule has 7 heteroatoms. The van der Waals surface area contributed by atoms with Crippen LogP contribution in [0.2, 0.25) is 0 Å².